The number of hydrogen-bond donors (Lipinski definition) is 1. The second-order valence-corrected chi connectivity index (χ2v) is 9.99. The molecule has 3 rings (SSSR count). The summed E-state index contributed by atoms with van der Waals surface area (Å²) in [6.07, 6.45) is 6.64. The van der Waals surface area contributed by atoms with E-state index in [1.807, 2.05) is 6.20 Å². The lowest BCUT2D eigenvalue weighted by atomic mass is 9.81. The second-order valence-electron chi connectivity index (χ2n) is 9.99. The zero-order chi connectivity index (χ0) is 23.3. The van der Waals surface area contributed by atoms with Crippen molar-refractivity contribution >= 4 is 0 Å². The minimum atomic E-state index is -0.735. The van der Waals surface area contributed by atoms with Gasteiger partial charge in [0.05, 0.1) is 12.3 Å². The number of rotatable bonds is 10. The van der Waals surface area contributed by atoms with Crippen LogP contribution in [0.25, 0.3) is 11.3 Å². The normalized spacial score (nSPS) is 17.1. The molecular formula is C28H41FN2O. The highest BCUT2D eigenvalue weighted by Gasteiger charge is 2.26. The van der Waals surface area contributed by atoms with Gasteiger partial charge in [-0.3, -0.25) is 9.88 Å². The molecule has 0 amide bonds. The summed E-state index contributed by atoms with van der Waals surface area (Å²) < 4.78 is 13.8. The maximum absolute atomic E-state index is 13.8. The minimum absolute atomic E-state index is 0.00375. The number of likely N-dealkylation sites (tertiary alicyclic amines) is 1. The molecule has 0 spiro atoms. The second kappa shape index (κ2) is 11.4. The number of nitrogens with zero attached hydrogens (tertiary/aromatic N) is 2. The highest BCUT2D eigenvalue weighted by molar-refractivity contribution is 5.72. The minimum Gasteiger partial charge on any atom is -0.392 e. The highest BCUT2D eigenvalue weighted by Crippen LogP contribution is 2.40. The van der Waals surface area contributed by atoms with Crippen LogP contribution in [0, 0.1) is 0 Å². The number of unbranched alkanes of at least 4 members (excludes halogenated alkanes) is 2. The van der Waals surface area contributed by atoms with Crippen LogP contribution in [0.5, 0.6) is 0 Å². The van der Waals surface area contributed by atoms with Crippen LogP contribution in [-0.4, -0.2) is 34.3 Å². The van der Waals surface area contributed by atoms with E-state index in [2.05, 4.69) is 57.7 Å². The van der Waals surface area contributed by atoms with Crippen LogP contribution in [0.4, 0.5) is 4.39 Å². The number of pyridine rings is 1. The molecule has 1 unspecified atom stereocenters. The number of aliphatic hydroxyl groups is 1. The zero-order valence-electron chi connectivity index (χ0n) is 20.6. The number of alkyl halides is 1. The van der Waals surface area contributed by atoms with Gasteiger partial charge in [0.25, 0.3) is 0 Å². The first-order valence-electron chi connectivity index (χ1n) is 12.5. The number of halogens is 1. The predicted molar refractivity (Wildman–Crippen MR) is 132 cm³/mol. The van der Waals surface area contributed by atoms with Gasteiger partial charge in [-0.25, -0.2) is 4.39 Å². The highest BCUT2D eigenvalue weighted by atomic mass is 19.1. The standard InChI is InChI=1S/C28H41FN2O/c1-6-7-8-9-21-10-11-26(30-15-21)28-24(19(2)3)14-22(16-31-13-12-23(29)17-31)25(18-32)27(28)20(4)5/h10-11,14-15,19-20,23,32H,6-9,12-13,16-18H2,1-5H3. The number of benzene rings is 1. The molecule has 0 saturated carbocycles. The SMILES string of the molecule is CCCCCc1ccc(-c2c(C(C)C)cc(CN3CCC(F)C3)c(CO)c2C(C)C)nc1. The molecule has 176 valence electrons. The van der Waals surface area contributed by atoms with Crippen molar-refractivity contribution in [3.63, 3.8) is 0 Å². The van der Waals surface area contributed by atoms with Crippen molar-refractivity contribution in [2.24, 2.45) is 0 Å². The Hall–Kier alpha value is -1.78. The maximum Gasteiger partial charge on any atom is 0.114 e. The fraction of sp³-hybridized carbons (Fsp3) is 0.607. The van der Waals surface area contributed by atoms with Crippen LogP contribution in [0.1, 0.15) is 100.0 Å². The molecule has 4 heteroatoms. The molecule has 1 saturated heterocycles. The van der Waals surface area contributed by atoms with E-state index in [0.29, 0.717) is 25.4 Å². The van der Waals surface area contributed by atoms with Crippen LogP contribution >= 0.6 is 0 Å². The molecule has 0 radical (unpaired) electrons. The van der Waals surface area contributed by atoms with Gasteiger partial charge in [-0.1, -0.05) is 59.6 Å². The van der Waals surface area contributed by atoms with Crippen LogP contribution in [-0.2, 0) is 19.6 Å². The molecule has 0 aliphatic carbocycles. The molecule has 32 heavy (non-hydrogen) atoms. The molecule has 3 nitrogen and oxygen atoms in total. The average Bonchev–Trinajstić information content (AvgIpc) is 3.18. The summed E-state index contributed by atoms with van der Waals surface area (Å²) in [5, 5.41) is 10.4. The van der Waals surface area contributed by atoms with E-state index < -0.39 is 6.17 Å². The number of aliphatic hydroxyl groups excluding tert-OH is 1. The molecule has 2 heterocycles. The summed E-state index contributed by atoms with van der Waals surface area (Å²) in [6.45, 7) is 13.0. The average molecular weight is 441 g/mol. The molecule has 1 N–H and O–H groups in total. The van der Waals surface area contributed by atoms with Crippen LogP contribution < -0.4 is 0 Å². The molecule has 1 aromatic heterocycles. The van der Waals surface area contributed by atoms with Gasteiger partial charge in [0.1, 0.15) is 6.17 Å². The Kier molecular flexibility index (Phi) is 8.84. The van der Waals surface area contributed by atoms with Crippen molar-refractivity contribution in [3.8, 4) is 11.3 Å². The van der Waals surface area contributed by atoms with Gasteiger partial charge in [0.15, 0.2) is 0 Å². The summed E-state index contributed by atoms with van der Waals surface area (Å²) >= 11 is 0. The van der Waals surface area contributed by atoms with Gasteiger partial charge >= 0.3 is 0 Å². The zero-order valence-corrected chi connectivity index (χ0v) is 20.6. The summed E-state index contributed by atoms with van der Waals surface area (Å²) in [6, 6.07) is 6.62. The Morgan fingerprint density at radius 1 is 1.16 bits per heavy atom. The van der Waals surface area contributed by atoms with Gasteiger partial charge in [-0.15, -0.1) is 0 Å². The Balaban J connectivity index is 2.06. The molecule has 1 aliphatic heterocycles. The first kappa shape index (κ1) is 24.9. The van der Waals surface area contributed by atoms with Crippen molar-refractivity contribution in [1.29, 1.82) is 0 Å². The Morgan fingerprint density at radius 3 is 2.47 bits per heavy atom. The monoisotopic (exact) mass is 440 g/mol. The quantitative estimate of drug-likeness (QED) is 0.414. The van der Waals surface area contributed by atoms with Crippen molar-refractivity contribution in [3.05, 3.63) is 52.2 Å². The van der Waals surface area contributed by atoms with E-state index in [9.17, 15) is 9.50 Å². The first-order valence-corrected chi connectivity index (χ1v) is 12.5. The smallest absolute Gasteiger partial charge is 0.114 e. The number of aryl methyl sites for hydroxylation is 1. The van der Waals surface area contributed by atoms with Crippen molar-refractivity contribution in [2.45, 2.75) is 97.9 Å². The van der Waals surface area contributed by atoms with E-state index in [1.165, 1.54) is 41.5 Å². The van der Waals surface area contributed by atoms with Crippen LogP contribution in [0.3, 0.4) is 0 Å². The molecule has 1 atom stereocenters. The molecule has 1 aliphatic rings. The van der Waals surface area contributed by atoms with Gasteiger partial charge < -0.3 is 5.11 Å². The third-order valence-corrected chi connectivity index (χ3v) is 6.72. The van der Waals surface area contributed by atoms with E-state index in [-0.39, 0.29) is 12.5 Å². The summed E-state index contributed by atoms with van der Waals surface area (Å²) in [4.78, 5) is 7.07. The third kappa shape index (κ3) is 5.77. The van der Waals surface area contributed by atoms with Crippen LogP contribution in [0.15, 0.2) is 24.4 Å². The summed E-state index contributed by atoms with van der Waals surface area (Å²) in [7, 11) is 0. The van der Waals surface area contributed by atoms with Crippen molar-refractivity contribution in [2.75, 3.05) is 13.1 Å². The number of hydrogen-bond acceptors (Lipinski definition) is 3. The Morgan fingerprint density at radius 2 is 1.94 bits per heavy atom. The Labute approximate surface area is 194 Å². The van der Waals surface area contributed by atoms with Gasteiger partial charge in [-0.05, 0) is 65.0 Å². The van der Waals surface area contributed by atoms with Crippen molar-refractivity contribution < 1.29 is 9.50 Å². The van der Waals surface area contributed by atoms with E-state index >= 15 is 0 Å². The van der Waals surface area contributed by atoms with Gasteiger partial charge in [-0.2, -0.15) is 0 Å². The first-order chi connectivity index (χ1) is 15.3. The van der Waals surface area contributed by atoms with E-state index in [4.69, 9.17) is 4.98 Å². The topological polar surface area (TPSA) is 36.4 Å². The fourth-order valence-electron chi connectivity index (χ4n) is 5.00. The number of aromatic nitrogens is 1. The summed E-state index contributed by atoms with van der Waals surface area (Å²) in [5.74, 6) is 0.579. The molecule has 0 bridgehead atoms. The Bertz CT molecular complexity index is 876. The fourth-order valence-corrected chi connectivity index (χ4v) is 5.00. The van der Waals surface area contributed by atoms with Gasteiger partial charge in [0.2, 0.25) is 0 Å². The van der Waals surface area contributed by atoms with Crippen molar-refractivity contribution in [1.82, 2.24) is 9.88 Å². The summed E-state index contributed by atoms with van der Waals surface area (Å²) in [5.41, 5.74) is 8.03. The molecule has 1 aromatic carbocycles. The molecule has 1 fully saturated rings. The third-order valence-electron chi connectivity index (χ3n) is 6.72. The molecule has 2 aromatic rings. The van der Waals surface area contributed by atoms with E-state index in [1.54, 1.807) is 0 Å². The maximum atomic E-state index is 13.8. The largest absolute Gasteiger partial charge is 0.392 e. The lowest BCUT2D eigenvalue weighted by molar-refractivity contribution is 0.265. The lowest BCUT2D eigenvalue weighted by Crippen LogP contribution is -2.22. The predicted octanol–water partition coefficient (Wildman–Crippen LogP) is 6.76. The van der Waals surface area contributed by atoms with Gasteiger partial charge in [0, 0.05) is 31.4 Å². The molecular weight excluding hydrogens is 399 g/mol. The van der Waals surface area contributed by atoms with Crippen LogP contribution in [0.2, 0.25) is 0 Å². The van der Waals surface area contributed by atoms with E-state index in [0.717, 1.165) is 29.8 Å². The lowest BCUT2D eigenvalue weighted by Gasteiger charge is -2.27.